The SMILES string of the molecule is Cc1cccc(C)c1Oc1ncccc1CNC(=O)C(C)n1ccnc1. The molecule has 0 saturated heterocycles. The Morgan fingerprint density at radius 1 is 1.19 bits per heavy atom. The Hall–Kier alpha value is -3.15. The van der Waals surface area contributed by atoms with Gasteiger partial charge < -0.3 is 14.6 Å². The number of aromatic nitrogens is 3. The summed E-state index contributed by atoms with van der Waals surface area (Å²) in [4.78, 5) is 20.7. The molecule has 6 heteroatoms. The average Bonchev–Trinajstić information content (AvgIpc) is 3.17. The summed E-state index contributed by atoms with van der Waals surface area (Å²) in [6.45, 7) is 6.17. The first-order chi connectivity index (χ1) is 12.6. The standard InChI is InChI=1S/C20H22N4O2/c1-14-6-4-7-15(2)18(14)26-20-17(8-5-9-22-20)12-23-19(25)16(3)24-11-10-21-13-24/h4-11,13,16H,12H2,1-3H3,(H,23,25). The summed E-state index contributed by atoms with van der Waals surface area (Å²) < 4.78 is 7.82. The smallest absolute Gasteiger partial charge is 0.243 e. The van der Waals surface area contributed by atoms with Crippen LogP contribution >= 0.6 is 0 Å². The number of carbonyl (C=O) groups is 1. The van der Waals surface area contributed by atoms with E-state index in [1.54, 1.807) is 29.5 Å². The Kier molecular flexibility index (Phi) is 5.31. The first kappa shape index (κ1) is 17.7. The van der Waals surface area contributed by atoms with Crippen LogP contribution in [0.25, 0.3) is 0 Å². The molecule has 2 aromatic heterocycles. The molecule has 0 aliphatic heterocycles. The van der Waals surface area contributed by atoms with Crippen molar-refractivity contribution in [3.63, 3.8) is 0 Å². The lowest BCUT2D eigenvalue weighted by atomic mass is 10.1. The number of benzene rings is 1. The van der Waals surface area contributed by atoms with Gasteiger partial charge in [-0.25, -0.2) is 9.97 Å². The third-order valence-corrected chi connectivity index (χ3v) is 4.26. The lowest BCUT2D eigenvalue weighted by Crippen LogP contribution is -2.30. The molecule has 0 bridgehead atoms. The topological polar surface area (TPSA) is 69.0 Å². The van der Waals surface area contributed by atoms with Crippen molar-refractivity contribution in [1.29, 1.82) is 0 Å². The molecule has 26 heavy (non-hydrogen) atoms. The lowest BCUT2D eigenvalue weighted by molar-refractivity contribution is -0.124. The van der Waals surface area contributed by atoms with Crippen LogP contribution in [0.3, 0.4) is 0 Å². The predicted molar refractivity (Wildman–Crippen MR) is 99.0 cm³/mol. The fourth-order valence-electron chi connectivity index (χ4n) is 2.67. The van der Waals surface area contributed by atoms with Gasteiger partial charge in [0.1, 0.15) is 11.8 Å². The number of hydrogen-bond acceptors (Lipinski definition) is 4. The first-order valence-electron chi connectivity index (χ1n) is 8.49. The maximum absolute atomic E-state index is 12.4. The number of pyridine rings is 1. The summed E-state index contributed by atoms with van der Waals surface area (Å²) in [5, 5.41) is 2.93. The number of rotatable bonds is 6. The average molecular weight is 350 g/mol. The molecule has 0 radical (unpaired) electrons. The van der Waals surface area contributed by atoms with Crippen LogP contribution in [0.2, 0.25) is 0 Å². The van der Waals surface area contributed by atoms with Crippen LogP contribution in [-0.2, 0) is 11.3 Å². The van der Waals surface area contributed by atoms with Crippen LogP contribution in [-0.4, -0.2) is 20.4 Å². The molecule has 1 amide bonds. The molecule has 0 spiro atoms. The number of ether oxygens (including phenoxy) is 1. The van der Waals surface area contributed by atoms with Crippen molar-refractivity contribution in [1.82, 2.24) is 19.9 Å². The predicted octanol–water partition coefficient (Wildman–Crippen LogP) is 3.56. The van der Waals surface area contributed by atoms with Crippen molar-refractivity contribution in [3.05, 3.63) is 71.9 Å². The molecule has 134 valence electrons. The number of amides is 1. The maximum atomic E-state index is 12.4. The minimum Gasteiger partial charge on any atom is -0.438 e. The number of aryl methyl sites for hydroxylation is 2. The summed E-state index contributed by atoms with van der Waals surface area (Å²) in [5.41, 5.74) is 2.90. The van der Waals surface area contributed by atoms with E-state index in [1.807, 2.05) is 51.1 Å². The van der Waals surface area contributed by atoms with Crippen LogP contribution in [0.15, 0.2) is 55.2 Å². The zero-order valence-electron chi connectivity index (χ0n) is 15.1. The molecule has 0 aliphatic carbocycles. The molecule has 0 saturated carbocycles. The summed E-state index contributed by atoms with van der Waals surface area (Å²) >= 11 is 0. The number of para-hydroxylation sites is 1. The second kappa shape index (κ2) is 7.82. The van der Waals surface area contributed by atoms with Crippen molar-refractivity contribution in [2.24, 2.45) is 0 Å². The molecule has 3 aromatic rings. The van der Waals surface area contributed by atoms with E-state index in [4.69, 9.17) is 4.74 Å². The van der Waals surface area contributed by atoms with E-state index >= 15 is 0 Å². The van der Waals surface area contributed by atoms with Crippen molar-refractivity contribution in [2.75, 3.05) is 0 Å². The van der Waals surface area contributed by atoms with Gasteiger partial charge in [-0.2, -0.15) is 0 Å². The molecule has 3 rings (SSSR count). The molecular weight excluding hydrogens is 328 g/mol. The second-order valence-electron chi connectivity index (χ2n) is 6.19. The zero-order chi connectivity index (χ0) is 18.5. The highest BCUT2D eigenvalue weighted by Crippen LogP contribution is 2.29. The zero-order valence-corrected chi connectivity index (χ0v) is 15.1. The number of hydrogen-bond donors (Lipinski definition) is 1. The Labute approximate surface area is 152 Å². The van der Waals surface area contributed by atoms with E-state index < -0.39 is 0 Å². The Bertz CT molecular complexity index is 870. The number of carbonyl (C=O) groups excluding carboxylic acids is 1. The van der Waals surface area contributed by atoms with Gasteiger partial charge in [0.05, 0.1) is 6.33 Å². The fraction of sp³-hybridized carbons (Fsp3) is 0.250. The largest absolute Gasteiger partial charge is 0.438 e. The van der Waals surface area contributed by atoms with Crippen molar-refractivity contribution in [3.8, 4) is 11.6 Å². The normalized spacial score (nSPS) is 11.8. The molecule has 1 aromatic carbocycles. The van der Waals surface area contributed by atoms with Crippen LogP contribution in [0.5, 0.6) is 11.6 Å². The van der Waals surface area contributed by atoms with Gasteiger partial charge in [0.25, 0.3) is 0 Å². The van der Waals surface area contributed by atoms with Crippen molar-refractivity contribution < 1.29 is 9.53 Å². The second-order valence-corrected chi connectivity index (χ2v) is 6.19. The molecule has 0 aliphatic rings. The molecule has 1 unspecified atom stereocenters. The molecule has 1 N–H and O–H groups in total. The molecular formula is C20H22N4O2. The van der Waals surface area contributed by atoms with Crippen molar-refractivity contribution in [2.45, 2.75) is 33.4 Å². The highest BCUT2D eigenvalue weighted by molar-refractivity contribution is 5.79. The molecule has 0 fully saturated rings. The van der Waals surface area contributed by atoms with Gasteiger partial charge >= 0.3 is 0 Å². The summed E-state index contributed by atoms with van der Waals surface area (Å²) in [6, 6.07) is 9.39. The van der Waals surface area contributed by atoms with Gasteiger partial charge in [-0.15, -0.1) is 0 Å². The van der Waals surface area contributed by atoms with E-state index in [0.717, 1.165) is 22.4 Å². The Balaban J connectivity index is 1.72. The van der Waals surface area contributed by atoms with Gasteiger partial charge in [0.15, 0.2) is 0 Å². The molecule has 1 atom stereocenters. The number of nitrogens with zero attached hydrogens (tertiary/aromatic N) is 3. The Morgan fingerprint density at radius 2 is 1.96 bits per heavy atom. The molecule has 2 heterocycles. The highest BCUT2D eigenvalue weighted by Gasteiger charge is 2.15. The molecule has 6 nitrogen and oxygen atoms in total. The monoisotopic (exact) mass is 350 g/mol. The number of imidazole rings is 1. The van der Waals surface area contributed by atoms with Gasteiger partial charge in [0.2, 0.25) is 11.8 Å². The minimum atomic E-state index is -0.336. The Morgan fingerprint density at radius 3 is 2.65 bits per heavy atom. The van der Waals surface area contributed by atoms with Gasteiger partial charge in [-0.3, -0.25) is 4.79 Å². The minimum absolute atomic E-state index is 0.0927. The van der Waals surface area contributed by atoms with E-state index in [9.17, 15) is 4.79 Å². The van der Waals surface area contributed by atoms with Crippen LogP contribution in [0.4, 0.5) is 0 Å². The summed E-state index contributed by atoms with van der Waals surface area (Å²) in [7, 11) is 0. The van der Waals surface area contributed by atoms with Crippen molar-refractivity contribution >= 4 is 5.91 Å². The highest BCUT2D eigenvalue weighted by atomic mass is 16.5. The van der Waals surface area contributed by atoms with Gasteiger partial charge in [-0.1, -0.05) is 24.3 Å². The maximum Gasteiger partial charge on any atom is 0.243 e. The lowest BCUT2D eigenvalue weighted by Gasteiger charge is -2.16. The van der Waals surface area contributed by atoms with E-state index in [0.29, 0.717) is 12.4 Å². The third kappa shape index (κ3) is 3.91. The third-order valence-electron chi connectivity index (χ3n) is 4.26. The first-order valence-corrected chi connectivity index (χ1v) is 8.49. The number of nitrogens with one attached hydrogen (secondary N) is 1. The van der Waals surface area contributed by atoms with E-state index in [-0.39, 0.29) is 11.9 Å². The van der Waals surface area contributed by atoms with Crippen LogP contribution < -0.4 is 10.1 Å². The quantitative estimate of drug-likeness (QED) is 0.738. The van der Waals surface area contributed by atoms with Crippen LogP contribution in [0.1, 0.15) is 29.7 Å². The summed E-state index contributed by atoms with van der Waals surface area (Å²) in [5.74, 6) is 1.20. The summed E-state index contributed by atoms with van der Waals surface area (Å²) in [6.07, 6.45) is 6.73. The van der Waals surface area contributed by atoms with E-state index in [2.05, 4.69) is 15.3 Å². The van der Waals surface area contributed by atoms with Gasteiger partial charge in [-0.05, 0) is 38.0 Å². The van der Waals surface area contributed by atoms with Gasteiger partial charge in [0, 0.05) is 30.7 Å². The fourth-order valence-corrected chi connectivity index (χ4v) is 2.67. The van der Waals surface area contributed by atoms with E-state index in [1.165, 1.54) is 0 Å². The van der Waals surface area contributed by atoms with Crippen LogP contribution in [0, 0.1) is 13.8 Å².